The van der Waals surface area contributed by atoms with Crippen LogP contribution in [0.15, 0.2) is 35.3 Å². The minimum Gasteiger partial charge on any atom is -0.366 e. The first-order valence-corrected chi connectivity index (χ1v) is 7.17. The Morgan fingerprint density at radius 1 is 1.13 bits per heavy atom. The Morgan fingerprint density at radius 3 is 2.52 bits per heavy atom. The average Bonchev–Trinajstić information content (AvgIpc) is 2.49. The van der Waals surface area contributed by atoms with Crippen LogP contribution in [0.25, 0.3) is 0 Å². The van der Waals surface area contributed by atoms with Gasteiger partial charge in [-0.3, -0.25) is 0 Å². The predicted molar refractivity (Wildman–Crippen MR) is 87.2 cm³/mol. The second kappa shape index (κ2) is 7.17. The van der Waals surface area contributed by atoms with Gasteiger partial charge in [-0.2, -0.15) is 0 Å². The topological polar surface area (TPSA) is 27.6 Å². The number of aliphatic imine (C=N–C) groups is 1. The van der Waals surface area contributed by atoms with Crippen LogP contribution in [0, 0.1) is 24.4 Å². The standard InChI is InChI=1S/C17H18F3N3/c1-4-23(3)10-21-17-11(2)7-12(18)8-16(17)22-13-5-6-14(19)15(20)9-13/h5-10,22H,4H2,1-3H3. The summed E-state index contributed by atoms with van der Waals surface area (Å²) >= 11 is 0. The molecule has 3 nitrogen and oxygen atoms in total. The highest BCUT2D eigenvalue weighted by Crippen LogP contribution is 2.32. The normalized spacial score (nSPS) is 11.0. The molecular formula is C17H18F3N3. The molecule has 0 heterocycles. The summed E-state index contributed by atoms with van der Waals surface area (Å²) in [5, 5.41) is 2.89. The maximum Gasteiger partial charge on any atom is 0.160 e. The van der Waals surface area contributed by atoms with E-state index in [4.69, 9.17) is 0 Å². The van der Waals surface area contributed by atoms with E-state index in [1.807, 2.05) is 18.9 Å². The number of aryl methyl sites for hydroxylation is 1. The predicted octanol–water partition coefficient (Wildman–Crippen LogP) is 4.77. The van der Waals surface area contributed by atoms with Crippen molar-refractivity contribution in [1.29, 1.82) is 0 Å². The quantitative estimate of drug-likeness (QED) is 0.635. The maximum atomic E-state index is 13.7. The molecule has 0 amide bonds. The fraction of sp³-hybridized carbons (Fsp3) is 0.235. The third-order valence-electron chi connectivity index (χ3n) is 3.35. The molecule has 0 fully saturated rings. The van der Waals surface area contributed by atoms with Gasteiger partial charge < -0.3 is 10.2 Å². The first-order valence-electron chi connectivity index (χ1n) is 7.17. The number of hydrogen-bond acceptors (Lipinski definition) is 2. The Labute approximate surface area is 133 Å². The highest BCUT2D eigenvalue weighted by molar-refractivity contribution is 5.78. The van der Waals surface area contributed by atoms with Crippen LogP contribution in [0.3, 0.4) is 0 Å². The van der Waals surface area contributed by atoms with Crippen molar-refractivity contribution in [2.45, 2.75) is 13.8 Å². The molecule has 2 rings (SSSR count). The van der Waals surface area contributed by atoms with Crippen molar-refractivity contribution < 1.29 is 13.2 Å². The molecule has 0 saturated carbocycles. The molecule has 2 aromatic carbocycles. The van der Waals surface area contributed by atoms with Gasteiger partial charge in [0.2, 0.25) is 0 Å². The van der Waals surface area contributed by atoms with E-state index in [0.29, 0.717) is 22.6 Å². The number of nitrogens with one attached hydrogen (secondary N) is 1. The van der Waals surface area contributed by atoms with Crippen molar-refractivity contribution in [2.24, 2.45) is 4.99 Å². The number of benzene rings is 2. The van der Waals surface area contributed by atoms with Gasteiger partial charge in [0.05, 0.1) is 17.7 Å². The Balaban J connectivity index is 2.39. The van der Waals surface area contributed by atoms with Gasteiger partial charge in [-0.1, -0.05) is 0 Å². The number of hydrogen-bond donors (Lipinski definition) is 1. The SMILES string of the molecule is CCN(C)C=Nc1c(C)cc(F)cc1Nc1ccc(F)c(F)c1. The van der Waals surface area contributed by atoms with E-state index in [1.165, 1.54) is 18.2 Å². The Bertz CT molecular complexity index is 729. The van der Waals surface area contributed by atoms with E-state index in [1.54, 1.807) is 13.3 Å². The summed E-state index contributed by atoms with van der Waals surface area (Å²) in [6.45, 7) is 4.48. The molecule has 122 valence electrons. The zero-order valence-corrected chi connectivity index (χ0v) is 13.2. The maximum absolute atomic E-state index is 13.7. The molecule has 0 radical (unpaired) electrons. The van der Waals surface area contributed by atoms with E-state index in [-0.39, 0.29) is 0 Å². The van der Waals surface area contributed by atoms with Gasteiger partial charge >= 0.3 is 0 Å². The lowest BCUT2D eigenvalue weighted by atomic mass is 10.1. The molecule has 0 aliphatic rings. The smallest absolute Gasteiger partial charge is 0.160 e. The van der Waals surface area contributed by atoms with Crippen LogP contribution >= 0.6 is 0 Å². The minimum absolute atomic E-state index is 0.314. The molecule has 2 aromatic rings. The minimum atomic E-state index is -0.973. The van der Waals surface area contributed by atoms with E-state index < -0.39 is 17.5 Å². The number of nitrogens with zero attached hydrogens (tertiary/aromatic N) is 2. The van der Waals surface area contributed by atoms with Crippen molar-refractivity contribution in [3.8, 4) is 0 Å². The monoisotopic (exact) mass is 321 g/mol. The largest absolute Gasteiger partial charge is 0.366 e. The third-order valence-corrected chi connectivity index (χ3v) is 3.35. The van der Waals surface area contributed by atoms with E-state index in [9.17, 15) is 13.2 Å². The first kappa shape index (κ1) is 16.9. The van der Waals surface area contributed by atoms with Crippen molar-refractivity contribution in [2.75, 3.05) is 18.9 Å². The molecule has 0 saturated heterocycles. The van der Waals surface area contributed by atoms with Crippen LogP contribution in [-0.2, 0) is 0 Å². The molecule has 0 aromatic heterocycles. The summed E-state index contributed by atoms with van der Waals surface area (Å²) in [6.07, 6.45) is 1.64. The molecule has 0 aliphatic heterocycles. The van der Waals surface area contributed by atoms with Gasteiger partial charge in [-0.15, -0.1) is 0 Å². The van der Waals surface area contributed by atoms with Crippen LogP contribution in [0.1, 0.15) is 12.5 Å². The molecule has 23 heavy (non-hydrogen) atoms. The molecule has 0 spiro atoms. The molecule has 0 atom stereocenters. The Kier molecular flexibility index (Phi) is 5.26. The second-order valence-corrected chi connectivity index (χ2v) is 5.19. The Hall–Kier alpha value is -2.50. The highest BCUT2D eigenvalue weighted by Gasteiger charge is 2.10. The van der Waals surface area contributed by atoms with Crippen LogP contribution in [0.2, 0.25) is 0 Å². The summed E-state index contributed by atoms with van der Waals surface area (Å²) in [6, 6.07) is 6.05. The van der Waals surface area contributed by atoms with Crippen LogP contribution in [0.4, 0.5) is 30.2 Å². The summed E-state index contributed by atoms with van der Waals surface area (Å²) in [5.74, 6) is -2.34. The van der Waals surface area contributed by atoms with E-state index in [2.05, 4.69) is 10.3 Å². The van der Waals surface area contributed by atoms with Crippen LogP contribution in [0.5, 0.6) is 0 Å². The summed E-state index contributed by atoms with van der Waals surface area (Å²) < 4.78 is 40.0. The van der Waals surface area contributed by atoms with Crippen molar-refractivity contribution in [3.05, 3.63) is 53.3 Å². The summed E-state index contributed by atoms with van der Waals surface area (Å²) in [5.41, 5.74) is 1.87. The highest BCUT2D eigenvalue weighted by atomic mass is 19.2. The average molecular weight is 321 g/mol. The molecule has 0 unspecified atom stereocenters. The van der Waals surface area contributed by atoms with Crippen LogP contribution in [-0.4, -0.2) is 24.8 Å². The van der Waals surface area contributed by atoms with Gasteiger partial charge in [0.15, 0.2) is 11.6 Å². The van der Waals surface area contributed by atoms with E-state index in [0.717, 1.165) is 18.7 Å². The van der Waals surface area contributed by atoms with Gasteiger partial charge in [0.1, 0.15) is 5.82 Å². The van der Waals surface area contributed by atoms with E-state index >= 15 is 0 Å². The lowest BCUT2D eigenvalue weighted by Gasteiger charge is -2.14. The van der Waals surface area contributed by atoms with Gasteiger partial charge in [0, 0.05) is 25.3 Å². The number of rotatable bonds is 5. The second-order valence-electron chi connectivity index (χ2n) is 5.19. The molecule has 6 heteroatoms. The van der Waals surface area contributed by atoms with Crippen molar-refractivity contribution >= 4 is 23.4 Å². The van der Waals surface area contributed by atoms with Crippen molar-refractivity contribution in [1.82, 2.24) is 4.90 Å². The summed E-state index contributed by atoms with van der Waals surface area (Å²) in [7, 11) is 1.87. The zero-order chi connectivity index (χ0) is 17.0. The van der Waals surface area contributed by atoms with Crippen molar-refractivity contribution in [3.63, 3.8) is 0 Å². The molecule has 0 aliphatic carbocycles. The van der Waals surface area contributed by atoms with Crippen LogP contribution < -0.4 is 5.32 Å². The lowest BCUT2D eigenvalue weighted by molar-refractivity contribution is 0.509. The first-order chi connectivity index (χ1) is 10.9. The number of anilines is 2. The fourth-order valence-electron chi connectivity index (χ4n) is 1.97. The molecule has 1 N–H and O–H groups in total. The molecular weight excluding hydrogens is 303 g/mol. The summed E-state index contributed by atoms with van der Waals surface area (Å²) in [4.78, 5) is 6.22. The van der Waals surface area contributed by atoms with Gasteiger partial charge in [-0.25, -0.2) is 18.2 Å². The molecule has 0 bridgehead atoms. The number of halogens is 3. The third kappa shape index (κ3) is 4.25. The van der Waals surface area contributed by atoms with Gasteiger partial charge in [-0.05, 0) is 43.7 Å². The lowest BCUT2D eigenvalue weighted by Crippen LogP contribution is -2.14. The Morgan fingerprint density at radius 2 is 1.87 bits per heavy atom. The zero-order valence-electron chi connectivity index (χ0n) is 13.2. The van der Waals surface area contributed by atoms with Gasteiger partial charge in [0.25, 0.3) is 0 Å². The fourth-order valence-corrected chi connectivity index (χ4v) is 1.97.